The lowest BCUT2D eigenvalue weighted by molar-refractivity contribution is 0.462. The van der Waals surface area contributed by atoms with Crippen molar-refractivity contribution < 1.29 is 4.74 Å². The van der Waals surface area contributed by atoms with E-state index in [0.717, 1.165) is 12.2 Å². The molecule has 0 spiro atoms. The average Bonchev–Trinajstić information content (AvgIpc) is 2.38. The topological polar surface area (TPSA) is 73.1 Å². The molecule has 18 heavy (non-hydrogen) atoms. The van der Waals surface area contributed by atoms with E-state index >= 15 is 0 Å². The van der Waals surface area contributed by atoms with Gasteiger partial charge in [-0.3, -0.25) is 0 Å². The zero-order chi connectivity index (χ0) is 13.0. The van der Waals surface area contributed by atoms with Crippen molar-refractivity contribution in [3.8, 4) is 11.6 Å². The summed E-state index contributed by atoms with van der Waals surface area (Å²) in [6, 6.07) is 9.58. The number of aryl methyl sites for hydroxylation is 1. The number of anilines is 2. The van der Waals surface area contributed by atoms with Gasteiger partial charge in [-0.05, 0) is 24.1 Å². The van der Waals surface area contributed by atoms with E-state index in [2.05, 4.69) is 28.3 Å². The zero-order valence-corrected chi connectivity index (χ0v) is 10.5. The van der Waals surface area contributed by atoms with Crippen LogP contribution in [0, 0.1) is 0 Å². The summed E-state index contributed by atoms with van der Waals surface area (Å²) >= 11 is 0. The van der Waals surface area contributed by atoms with Gasteiger partial charge in [-0.1, -0.05) is 19.1 Å². The van der Waals surface area contributed by atoms with Gasteiger partial charge in [0, 0.05) is 13.1 Å². The fraction of sp³-hybridized carbons (Fsp3) is 0.231. The largest absolute Gasteiger partial charge is 0.439 e. The van der Waals surface area contributed by atoms with Crippen molar-refractivity contribution in [3.05, 3.63) is 35.9 Å². The second kappa shape index (κ2) is 5.35. The first-order chi connectivity index (χ1) is 8.71. The van der Waals surface area contributed by atoms with Gasteiger partial charge in [-0.2, -0.15) is 9.97 Å². The first kappa shape index (κ1) is 12.2. The fourth-order valence-corrected chi connectivity index (χ4v) is 1.57. The van der Waals surface area contributed by atoms with Crippen LogP contribution in [0.3, 0.4) is 0 Å². The number of benzene rings is 1. The molecule has 0 aliphatic heterocycles. The summed E-state index contributed by atoms with van der Waals surface area (Å²) in [7, 11) is 1.77. The summed E-state index contributed by atoms with van der Waals surface area (Å²) in [5.74, 6) is 1.99. The number of nitrogens with two attached hydrogens (primary N) is 1. The lowest BCUT2D eigenvalue weighted by Crippen LogP contribution is -2.01. The highest BCUT2D eigenvalue weighted by Gasteiger charge is 2.04. The van der Waals surface area contributed by atoms with Crippen LogP contribution in [0.2, 0.25) is 0 Å². The van der Waals surface area contributed by atoms with Gasteiger partial charge >= 0.3 is 0 Å². The molecule has 0 unspecified atom stereocenters. The average molecular weight is 244 g/mol. The Balaban J connectivity index is 2.24. The molecule has 0 atom stereocenters. The first-order valence-electron chi connectivity index (χ1n) is 5.80. The molecule has 0 saturated heterocycles. The third-order valence-corrected chi connectivity index (χ3v) is 2.51. The molecule has 2 aromatic rings. The van der Waals surface area contributed by atoms with Crippen molar-refractivity contribution in [3.63, 3.8) is 0 Å². The van der Waals surface area contributed by atoms with E-state index in [1.807, 2.05) is 18.2 Å². The summed E-state index contributed by atoms with van der Waals surface area (Å²) in [4.78, 5) is 8.04. The number of nitrogens with one attached hydrogen (secondary N) is 1. The molecule has 1 heterocycles. The Morgan fingerprint density at radius 1 is 1.28 bits per heavy atom. The quantitative estimate of drug-likeness (QED) is 0.864. The summed E-state index contributed by atoms with van der Waals surface area (Å²) in [6.45, 7) is 2.10. The Labute approximate surface area is 106 Å². The van der Waals surface area contributed by atoms with Gasteiger partial charge in [-0.25, -0.2) is 0 Å². The third-order valence-electron chi connectivity index (χ3n) is 2.51. The van der Waals surface area contributed by atoms with Crippen LogP contribution < -0.4 is 15.8 Å². The number of aromatic nitrogens is 2. The van der Waals surface area contributed by atoms with Crippen LogP contribution in [0.15, 0.2) is 30.3 Å². The Morgan fingerprint density at radius 3 is 2.83 bits per heavy atom. The summed E-state index contributed by atoms with van der Waals surface area (Å²) in [5.41, 5.74) is 6.81. The minimum atomic E-state index is 0.184. The van der Waals surface area contributed by atoms with Crippen molar-refractivity contribution in [1.82, 2.24) is 9.97 Å². The van der Waals surface area contributed by atoms with Gasteiger partial charge in [0.25, 0.3) is 0 Å². The molecule has 0 amide bonds. The Morgan fingerprint density at radius 2 is 2.11 bits per heavy atom. The van der Waals surface area contributed by atoms with Crippen LogP contribution in [0.1, 0.15) is 12.5 Å². The fourth-order valence-electron chi connectivity index (χ4n) is 1.57. The van der Waals surface area contributed by atoms with Gasteiger partial charge < -0.3 is 15.8 Å². The number of nitrogen functional groups attached to an aromatic ring is 1. The lowest BCUT2D eigenvalue weighted by Gasteiger charge is -2.08. The highest BCUT2D eigenvalue weighted by atomic mass is 16.5. The lowest BCUT2D eigenvalue weighted by atomic mass is 10.2. The molecular weight excluding hydrogens is 228 g/mol. The molecule has 2 rings (SSSR count). The monoisotopic (exact) mass is 244 g/mol. The summed E-state index contributed by atoms with van der Waals surface area (Å²) in [5, 5.41) is 2.91. The zero-order valence-electron chi connectivity index (χ0n) is 10.5. The smallest absolute Gasteiger partial charge is 0.226 e. The second-order valence-corrected chi connectivity index (χ2v) is 3.80. The van der Waals surface area contributed by atoms with Crippen molar-refractivity contribution in [2.45, 2.75) is 13.3 Å². The van der Waals surface area contributed by atoms with Crippen LogP contribution in [0.25, 0.3) is 0 Å². The van der Waals surface area contributed by atoms with Crippen LogP contribution in [-0.2, 0) is 6.42 Å². The minimum absolute atomic E-state index is 0.184. The van der Waals surface area contributed by atoms with E-state index in [1.165, 1.54) is 5.56 Å². The molecule has 0 aliphatic carbocycles. The SMILES string of the molecule is CCc1cccc(Oc2cc(NC)nc(N)n2)c1. The van der Waals surface area contributed by atoms with E-state index in [-0.39, 0.29) is 5.95 Å². The molecule has 3 N–H and O–H groups in total. The highest BCUT2D eigenvalue weighted by molar-refractivity contribution is 5.43. The molecular formula is C13H16N4O. The molecule has 0 radical (unpaired) electrons. The number of ether oxygens (including phenoxy) is 1. The number of nitrogens with zero attached hydrogens (tertiary/aromatic N) is 2. The predicted molar refractivity (Wildman–Crippen MR) is 71.9 cm³/mol. The molecule has 1 aromatic carbocycles. The number of hydrogen-bond donors (Lipinski definition) is 2. The molecule has 0 bridgehead atoms. The van der Waals surface area contributed by atoms with E-state index in [1.54, 1.807) is 13.1 Å². The Kier molecular flexibility index (Phi) is 3.62. The van der Waals surface area contributed by atoms with Gasteiger partial charge in [0.05, 0.1) is 0 Å². The maximum Gasteiger partial charge on any atom is 0.226 e. The van der Waals surface area contributed by atoms with Gasteiger partial charge in [0.15, 0.2) is 0 Å². The molecule has 0 saturated carbocycles. The molecule has 1 aromatic heterocycles. The van der Waals surface area contributed by atoms with Gasteiger partial charge in [-0.15, -0.1) is 0 Å². The van der Waals surface area contributed by atoms with E-state index < -0.39 is 0 Å². The summed E-state index contributed by atoms with van der Waals surface area (Å²) in [6.07, 6.45) is 0.963. The Bertz CT molecular complexity index is 542. The van der Waals surface area contributed by atoms with E-state index in [4.69, 9.17) is 10.5 Å². The highest BCUT2D eigenvalue weighted by Crippen LogP contribution is 2.23. The second-order valence-electron chi connectivity index (χ2n) is 3.80. The predicted octanol–water partition coefficient (Wildman–Crippen LogP) is 2.46. The number of hydrogen-bond acceptors (Lipinski definition) is 5. The maximum atomic E-state index is 5.67. The van der Waals surface area contributed by atoms with Gasteiger partial charge in [0.2, 0.25) is 11.8 Å². The third kappa shape index (κ3) is 2.88. The maximum absolute atomic E-state index is 5.67. The van der Waals surface area contributed by atoms with Gasteiger partial charge in [0.1, 0.15) is 11.6 Å². The van der Waals surface area contributed by atoms with E-state index in [9.17, 15) is 0 Å². The van der Waals surface area contributed by atoms with Crippen molar-refractivity contribution in [1.29, 1.82) is 0 Å². The standard InChI is InChI=1S/C13H16N4O/c1-3-9-5-4-6-10(7-9)18-12-8-11(15-2)16-13(14)17-12/h4-8H,3H2,1-2H3,(H3,14,15,16,17). The Hall–Kier alpha value is -2.30. The first-order valence-corrected chi connectivity index (χ1v) is 5.80. The number of rotatable bonds is 4. The van der Waals surface area contributed by atoms with Crippen molar-refractivity contribution >= 4 is 11.8 Å². The van der Waals surface area contributed by atoms with Crippen LogP contribution in [0.4, 0.5) is 11.8 Å². The van der Waals surface area contributed by atoms with Crippen molar-refractivity contribution in [2.75, 3.05) is 18.1 Å². The normalized spacial score (nSPS) is 10.1. The molecule has 0 aliphatic rings. The molecule has 94 valence electrons. The minimum Gasteiger partial charge on any atom is -0.439 e. The summed E-state index contributed by atoms with van der Waals surface area (Å²) < 4.78 is 5.67. The molecule has 0 fully saturated rings. The molecule has 5 nitrogen and oxygen atoms in total. The van der Waals surface area contributed by atoms with Crippen LogP contribution >= 0.6 is 0 Å². The van der Waals surface area contributed by atoms with Crippen LogP contribution in [-0.4, -0.2) is 17.0 Å². The van der Waals surface area contributed by atoms with E-state index in [0.29, 0.717) is 11.7 Å². The van der Waals surface area contributed by atoms with Crippen LogP contribution in [0.5, 0.6) is 11.6 Å². The van der Waals surface area contributed by atoms with Crippen molar-refractivity contribution in [2.24, 2.45) is 0 Å². The molecule has 5 heteroatoms.